The summed E-state index contributed by atoms with van der Waals surface area (Å²) in [7, 11) is 3.31. The van der Waals surface area contributed by atoms with Crippen molar-refractivity contribution in [3.8, 4) is 17.2 Å². The summed E-state index contributed by atoms with van der Waals surface area (Å²) in [5, 5.41) is 4.40. The first-order chi connectivity index (χ1) is 17.5. The molecule has 1 saturated carbocycles. The number of hydrogen-bond acceptors (Lipinski definition) is 6. The largest absolute Gasteiger partial charge is 0.493 e. The Bertz CT molecular complexity index is 1050. The van der Waals surface area contributed by atoms with Crippen molar-refractivity contribution in [1.29, 1.82) is 0 Å². The van der Waals surface area contributed by atoms with Crippen LogP contribution in [0.4, 0.5) is 0 Å². The van der Waals surface area contributed by atoms with Crippen LogP contribution in [0.1, 0.15) is 66.6 Å². The maximum atomic E-state index is 12.0. The summed E-state index contributed by atoms with van der Waals surface area (Å²) in [5.41, 5.74) is 2.83. The van der Waals surface area contributed by atoms with E-state index in [0.29, 0.717) is 36.3 Å². The van der Waals surface area contributed by atoms with Crippen LogP contribution in [-0.4, -0.2) is 56.0 Å². The minimum Gasteiger partial charge on any atom is -0.493 e. The van der Waals surface area contributed by atoms with Gasteiger partial charge in [-0.1, -0.05) is 19.3 Å². The van der Waals surface area contributed by atoms with Crippen LogP contribution in [0.25, 0.3) is 0 Å². The van der Waals surface area contributed by atoms with Gasteiger partial charge in [-0.3, -0.25) is 0 Å². The van der Waals surface area contributed by atoms with Crippen molar-refractivity contribution in [2.75, 3.05) is 34.0 Å². The average molecular weight is 513 g/mol. The lowest BCUT2D eigenvalue weighted by Gasteiger charge is -2.40. The van der Waals surface area contributed by atoms with Crippen LogP contribution in [0.2, 0.25) is 0 Å². The quantitative estimate of drug-likeness (QED) is 0.389. The smallest absolute Gasteiger partial charge is 0.338 e. The normalized spacial score (nSPS) is 17.6. The summed E-state index contributed by atoms with van der Waals surface area (Å²) in [6, 6.07) is 11.5. The van der Waals surface area contributed by atoms with Crippen LogP contribution in [-0.2, 0) is 11.2 Å². The number of rotatable bonds is 8. The maximum Gasteiger partial charge on any atom is 0.338 e. The van der Waals surface area contributed by atoms with Crippen molar-refractivity contribution < 1.29 is 23.7 Å². The highest BCUT2D eigenvalue weighted by molar-refractivity contribution is 7.80. The minimum absolute atomic E-state index is 0.0955. The van der Waals surface area contributed by atoms with E-state index in [1.165, 1.54) is 24.8 Å². The Labute approximate surface area is 219 Å². The Kier molecular flexibility index (Phi) is 8.91. The highest BCUT2D eigenvalue weighted by atomic mass is 32.1. The second-order valence-electron chi connectivity index (χ2n) is 9.21. The molecule has 1 aliphatic carbocycles. The Morgan fingerprint density at radius 3 is 2.42 bits per heavy atom. The highest BCUT2D eigenvalue weighted by Gasteiger charge is 2.32. The van der Waals surface area contributed by atoms with Gasteiger partial charge in [0, 0.05) is 12.6 Å². The van der Waals surface area contributed by atoms with Crippen molar-refractivity contribution in [1.82, 2.24) is 10.2 Å². The van der Waals surface area contributed by atoms with E-state index in [2.05, 4.69) is 16.3 Å². The molecule has 1 N–H and O–H groups in total. The molecule has 7 nitrogen and oxygen atoms in total. The van der Waals surface area contributed by atoms with Gasteiger partial charge in [0.25, 0.3) is 0 Å². The highest BCUT2D eigenvalue weighted by Crippen LogP contribution is 2.38. The van der Waals surface area contributed by atoms with E-state index in [-0.39, 0.29) is 12.0 Å². The van der Waals surface area contributed by atoms with E-state index in [1.54, 1.807) is 45.4 Å². The number of carbonyl (C=O) groups is 1. The summed E-state index contributed by atoms with van der Waals surface area (Å²) < 4.78 is 22.5. The third-order valence-electron chi connectivity index (χ3n) is 6.97. The number of hydrogen-bond donors (Lipinski definition) is 1. The van der Waals surface area contributed by atoms with Crippen LogP contribution in [0, 0.1) is 0 Å². The average Bonchev–Trinajstić information content (AvgIpc) is 2.91. The predicted octanol–water partition coefficient (Wildman–Crippen LogP) is 5.07. The SMILES string of the molecule is CCOC(=O)c1ccc(OCC2c3cc(OC)c(OC)cc3CCN2C(=S)NC2CCCCC2)cc1. The first kappa shape index (κ1) is 26.1. The van der Waals surface area contributed by atoms with E-state index in [9.17, 15) is 4.79 Å². The standard InChI is InChI=1S/C28H36N2O5S/c1-4-34-27(31)19-10-12-22(13-11-19)35-18-24-23-17-26(33-3)25(32-2)16-20(23)14-15-30(24)28(36)29-21-8-6-5-7-9-21/h10-13,16-17,21,24H,4-9,14-15,18H2,1-3H3,(H,29,36). The van der Waals surface area contributed by atoms with Gasteiger partial charge in [0.05, 0.1) is 32.4 Å². The third kappa shape index (κ3) is 6.03. The van der Waals surface area contributed by atoms with Gasteiger partial charge in [-0.25, -0.2) is 4.79 Å². The lowest BCUT2D eigenvalue weighted by molar-refractivity contribution is 0.0526. The lowest BCUT2D eigenvalue weighted by atomic mass is 9.92. The molecule has 0 amide bonds. The lowest BCUT2D eigenvalue weighted by Crippen LogP contribution is -2.50. The number of carbonyl (C=O) groups excluding carboxylic acids is 1. The van der Waals surface area contributed by atoms with Gasteiger partial charge >= 0.3 is 5.97 Å². The molecule has 1 atom stereocenters. The van der Waals surface area contributed by atoms with Crippen LogP contribution in [0.5, 0.6) is 17.2 Å². The third-order valence-corrected chi connectivity index (χ3v) is 7.32. The summed E-state index contributed by atoms with van der Waals surface area (Å²) in [4.78, 5) is 14.2. The van der Waals surface area contributed by atoms with E-state index in [0.717, 1.165) is 42.2 Å². The zero-order valence-electron chi connectivity index (χ0n) is 21.4. The van der Waals surface area contributed by atoms with Crippen LogP contribution in [0.15, 0.2) is 36.4 Å². The van der Waals surface area contributed by atoms with E-state index in [4.69, 9.17) is 31.2 Å². The topological polar surface area (TPSA) is 69.3 Å². The minimum atomic E-state index is -0.336. The number of nitrogens with zero attached hydrogens (tertiary/aromatic N) is 1. The second-order valence-corrected chi connectivity index (χ2v) is 9.59. The molecule has 2 aliphatic rings. The van der Waals surface area contributed by atoms with Crippen molar-refractivity contribution in [3.63, 3.8) is 0 Å². The van der Waals surface area contributed by atoms with Crippen LogP contribution in [0.3, 0.4) is 0 Å². The molecule has 2 aromatic carbocycles. The summed E-state index contributed by atoms with van der Waals surface area (Å²) in [6.07, 6.45) is 6.96. The van der Waals surface area contributed by atoms with Crippen molar-refractivity contribution in [2.45, 2.75) is 57.5 Å². The van der Waals surface area contributed by atoms with Gasteiger partial charge in [0.2, 0.25) is 0 Å². The Morgan fingerprint density at radius 1 is 1.06 bits per heavy atom. The summed E-state index contributed by atoms with van der Waals surface area (Å²) >= 11 is 5.92. The van der Waals surface area contributed by atoms with Crippen LogP contribution >= 0.6 is 12.2 Å². The van der Waals surface area contributed by atoms with Gasteiger partial charge in [0.1, 0.15) is 12.4 Å². The molecular weight excluding hydrogens is 476 g/mol. The molecule has 194 valence electrons. The monoisotopic (exact) mass is 512 g/mol. The van der Waals surface area contributed by atoms with Gasteiger partial charge in [-0.2, -0.15) is 0 Å². The first-order valence-electron chi connectivity index (χ1n) is 12.8. The molecule has 0 aromatic heterocycles. The van der Waals surface area contributed by atoms with Crippen LogP contribution < -0.4 is 19.5 Å². The number of thiocarbonyl (C=S) groups is 1. The number of ether oxygens (including phenoxy) is 4. The molecule has 1 aliphatic heterocycles. The number of fused-ring (bicyclic) bond motifs is 1. The second kappa shape index (κ2) is 12.3. The maximum absolute atomic E-state index is 12.0. The van der Waals surface area contributed by atoms with Gasteiger partial charge in [-0.15, -0.1) is 0 Å². The van der Waals surface area contributed by atoms with Gasteiger partial charge < -0.3 is 29.2 Å². The molecule has 36 heavy (non-hydrogen) atoms. The first-order valence-corrected chi connectivity index (χ1v) is 13.2. The van der Waals surface area contributed by atoms with Gasteiger partial charge in [0.15, 0.2) is 16.6 Å². The van der Waals surface area contributed by atoms with E-state index < -0.39 is 0 Å². The number of esters is 1. The zero-order chi connectivity index (χ0) is 25.5. The molecule has 4 rings (SSSR count). The number of nitrogens with one attached hydrogen (secondary N) is 1. The fourth-order valence-corrected chi connectivity index (χ4v) is 5.42. The molecule has 0 bridgehead atoms. The Morgan fingerprint density at radius 2 is 1.75 bits per heavy atom. The van der Waals surface area contributed by atoms with E-state index >= 15 is 0 Å². The molecule has 8 heteroatoms. The molecule has 2 aromatic rings. The molecular formula is C28H36N2O5S. The molecule has 0 saturated heterocycles. The van der Waals surface area contributed by atoms with E-state index in [1.807, 2.05) is 6.07 Å². The summed E-state index contributed by atoms with van der Waals surface area (Å²) in [6.45, 7) is 3.32. The Balaban J connectivity index is 1.56. The predicted molar refractivity (Wildman–Crippen MR) is 143 cm³/mol. The molecule has 0 spiro atoms. The van der Waals surface area contributed by atoms with Crippen molar-refractivity contribution in [2.24, 2.45) is 0 Å². The molecule has 1 fully saturated rings. The van der Waals surface area contributed by atoms with Crippen molar-refractivity contribution >= 4 is 23.3 Å². The molecule has 1 unspecified atom stereocenters. The summed E-state index contributed by atoms with van der Waals surface area (Å²) in [5.74, 6) is 1.76. The fraction of sp³-hybridized carbons (Fsp3) is 0.500. The molecule has 0 radical (unpaired) electrons. The fourth-order valence-electron chi connectivity index (χ4n) is 5.03. The van der Waals surface area contributed by atoms with Crippen molar-refractivity contribution in [3.05, 3.63) is 53.1 Å². The van der Waals surface area contributed by atoms with Gasteiger partial charge in [-0.05, 0) is 85.9 Å². The number of methoxy groups -OCH3 is 2. The Hall–Kier alpha value is -3.00. The zero-order valence-corrected chi connectivity index (χ0v) is 22.2. The molecule has 1 heterocycles. The number of benzene rings is 2.